The van der Waals surface area contributed by atoms with Crippen LogP contribution in [0.4, 0.5) is 30.7 Å². The van der Waals surface area contributed by atoms with Crippen molar-refractivity contribution in [3.8, 4) is 0 Å². The number of alkyl halides is 6. The number of hydrogen-bond acceptors (Lipinski definition) is 3. The largest absolute Gasteiger partial charge is 0.416 e. The first-order chi connectivity index (χ1) is 16.3. The molecule has 2 aliphatic heterocycles. The van der Waals surface area contributed by atoms with Crippen molar-refractivity contribution in [1.29, 1.82) is 0 Å². The molecular weight excluding hydrogens is 481 g/mol. The Morgan fingerprint density at radius 1 is 0.943 bits per heavy atom. The van der Waals surface area contributed by atoms with Gasteiger partial charge >= 0.3 is 12.4 Å². The fourth-order valence-corrected chi connectivity index (χ4v) is 4.01. The second-order valence-corrected chi connectivity index (χ2v) is 8.16. The highest BCUT2D eigenvalue weighted by Gasteiger charge is 2.44. The third kappa shape index (κ3) is 7.93. The number of carbonyl (C=O) groups excluding carboxylic acids is 1. The van der Waals surface area contributed by atoms with Crippen molar-refractivity contribution in [1.82, 2.24) is 4.90 Å². The van der Waals surface area contributed by atoms with E-state index in [0.717, 1.165) is 0 Å². The molecule has 2 aliphatic rings. The molecule has 3 unspecified atom stereocenters. The van der Waals surface area contributed by atoms with E-state index >= 15 is 0 Å². The lowest BCUT2D eigenvalue weighted by atomic mass is 10.0. The summed E-state index contributed by atoms with van der Waals surface area (Å²) in [5, 5.41) is 0. The topological polar surface area (TPSA) is 55.6 Å². The predicted octanol–water partition coefficient (Wildman–Crippen LogP) is 5.65. The molecule has 2 N–H and O–H groups in total. The van der Waals surface area contributed by atoms with Gasteiger partial charge in [0.2, 0.25) is 5.91 Å². The minimum atomic E-state index is -4.88. The van der Waals surface area contributed by atoms with Crippen LogP contribution in [0.15, 0.2) is 48.5 Å². The molecule has 4 nitrogen and oxygen atoms in total. The minimum absolute atomic E-state index is 0.0135. The molecule has 3 atom stereocenters. The molecule has 0 radical (unpaired) electrons. The van der Waals surface area contributed by atoms with Crippen molar-refractivity contribution in [2.24, 2.45) is 11.7 Å². The SMILES string of the molecule is CC1CC2CC(OCc3cc(C(F)(F)F)cc(C(F)(F)F)c3)CN2C1=O.CN.Fc1ccccc1. The third-order valence-electron chi connectivity index (χ3n) is 5.57. The fraction of sp³-hybridized carbons (Fsp3) is 0.458. The lowest BCUT2D eigenvalue weighted by molar-refractivity contribution is -0.143. The van der Waals surface area contributed by atoms with Crippen LogP contribution < -0.4 is 5.73 Å². The Morgan fingerprint density at radius 3 is 1.91 bits per heavy atom. The normalized spacial score (nSPS) is 21.6. The molecule has 1 amide bonds. The van der Waals surface area contributed by atoms with Crippen LogP contribution in [0.5, 0.6) is 0 Å². The van der Waals surface area contributed by atoms with Crippen molar-refractivity contribution >= 4 is 5.91 Å². The summed E-state index contributed by atoms with van der Waals surface area (Å²) in [6.45, 7) is 1.78. The summed E-state index contributed by atoms with van der Waals surface area (Å²) in [5.41, 5.74) is 1.59. The molecule has 4 rings (SSSR count). The van der Waals surface area contributed by atoms with Crippen LogP contribution in [-0.2, 0) is 28.5 Å². The average molecular weight is 508 g/mol. The maximum absolute atomic E-state index is 12.9. The van der Waals surface area contributed by atoms with Gasteiger partial charge in [0.05, 0.1) is 23.8 Å². The Balaban J connectivity index is 0.000000407. The quantitative estimate of drug-likeness (QED) is 0.546. The highest BCUT2D eigenvalue weighted by Crippen LogP contribution is 2.37. The third-order valence-corrected chi connectivity index (χ3v) is 5.57. The van der Waals surface area contributed by atoms with Crippen molar-refractivity contribution in [3.05, 3.63) is 71.0 Å². The Hall–Kier alpha value is -2.66. The second kappa shape index (κ2) is 11.9. The zero-order valence-corrected chi connectivity index (χ0v) is 19.2. The first kappa shape index (κ1) is 28.6. The lowest BCUT2D eigenvalue weighted by Crippen LogP contribution is -2.30. The monoisotopic (exact) mass is 508 g/mol. The molecule has 194 valence electrons. The van der Waals surface area contributed by atoms with Crippen LogP contribution in [0.25, 0.3) is 0 Å². The molecule has 0 saturated carbocycles. The van der Waals surface area contributed by atoms with Gasteiger partial charge in [0.15, 0.2) is 0 Å². The number of hydrogen-bond donors (Lipinski definition) is 1. The van der Waals surface area contributed by atoms with Gasteiger partial charge in [-0.3, -0.25) is 4.79 Å². The number of halogens is 7. The number of nitrogens with two attached hydrogens (primary N) is 1. The van der Waals surface area contributed by atoms with Gasteiger partial charge in [-0.25, -0.2) is 4.39 Å². The van der Waals surface area contributed by atoms with E-state index in [1.54, 1.807) is 23.1 Å². The maximum atomic E-state index is 12.9. The molecule has 0 bridgehead atoms. The van der Waals surface area contributed by atoms with E-state index in [4.69, 9.17) is 4.74 Å². The Bertz CT molecular complexity index is 932. The van der Waals surface area contributed by atoms with Gasteiger partial charge in [-0.2, -0.15) is 26.3 Å². The zero-order valence-electron chi connectivity index (χ0n) is 19.2. The van der Waals surface area contributed by atoms with Gasteiger partial charge in [-0.15, -0.1) is 0 Å². The van der Waals surface area contributed by atoms with Crippen LogP contribution in [0, 0.1) is 11.7 Å². The summed E-state index contributed by atoms with van der Waals surface area (Å²) in [7, 11) is 1.50. The number of rotatable bonds is 3. The Morgan fingerprint density at radius 2 is 1.49 bits per heavy atom. The number of amides is 1. The van der Waals surface area contributed by atoms with E-state index in [0.29, 0.717) is 31.5 Å². The van der Waals surface area contributed by atoms with Gasteiger partial charge in [0, 0.05) is 18.5 Å². The Kier molecular flexibility index (Phi) is 9.68. The summed E-state index contributed by atoms with van der Waals surface area (Å²) in [6.07, 6.45) is -8.91. The lowest BCUT2D eigenvalue weighted by Gasteiger charge is -2.17. The van der Waals surface area contributed by atoms with Crippen molar-refractivity contribution < 1.29 is 40.3 Å². The summed E-state index contributed by atoms with van der Waals surface area (Å²) in [5.74, 6) is -0.221. The highest BCUT2D eigenvalue weighted by molar-refractivity contribution is 5.81. The van der Waals surface area contributed by atoms with Gasteiger partial charge in [-0.1, -0.05) is 25.1 Å². The first-order valence-corrected chi connectivity index (χ1v) is 10.8. The number of benzene rings is 2. The van der Waals surface area contributed by atoms with Crippen molar-refractivity contribution in [3.63, 3.8) is 0 Å². The van der Waals surface area contributed by atoms with E-state index in [-0.39, 0.29) is 48.0 Å². The van der Waals surface area contributed by atoms with Crippen molar-refractivity contribution in [2.75, 3.05) is 13.6 Å². The summed E-state index contributed by atoms with van der Waals surface area (Å²) in [6, 6.07) is 9.40. The molecular formula is C24H27F7N2O2. The van der Waals surface area contributed by atoms with Crippen molar-refractivity contribution in [2.45, 2.75) is 50.9 Å². The number of fused-ring (bicyclic) bond motifs is 1. The molecule has 0 aliphatic carbocycles. The van der Waals surface area contributed by atoms with E-state index < -0.39 is 23.5 Å². The molecule has 2 fully saturated rings. The van der Waals surface area contributed by atoms with Gasteiger partial charge in [0.1, 0.15) is 5.82 Å². The Labute approximate surface area is 198 Å². The van der Waals surface area contributed by atoms with Crippen LogP contribution in [0.2, 0.25) is 0 Å². The molecule has 35 heavy (non-hydrogen) atoms. The van der Waals surface area contributed by atoms with Crippen LogP contribution in [0.1, 0.15) is 36.5 Å². The molecule has 2 aromatic rings. The number of ether oxygens (including phenoxy) is 1. The number of carbonyl (C=O) groups is 1. The van der Waals surface area contributed by atoms with E-state index in [1.807, 2.05) is 6.92 Å². The summed E-state index contributed by atoms with van der Waals surface area (Å²) < 4.78 is 94.6. The van der Waals surface area contributed by atoms with E-state index in [9.17, 15) is 35.5 Å². The van der Waals surface area contributed by atoms with Gasteiger partial charge in [-0.05, 0) is 55.8 Å². The molecule has 2 heterocycles. The fourth-order valence-electron chi connectivity index (χ4n) is 4.01. The van der Waals surface area contributed by atoms with Gasteiger partial charge in [0.25, 0.3) is 0 Å². The number of nitrogens with zero attached hydrogens (tertiary/aromatic N) is 1. The summed E-state index contributed by atoms with van der Waals surface area (Å²) in [4.78, 5) is 13.6. The molecule has 2 saturated heterocycles. The second-order valence-electron chi connectivity index (χ2n) is 8.16. The van der Waals surface area contributed by atoms with Crippen LogP contribution in [0.3, 0.4) is 0 Å². The van der Waals surface area contributed by atoms with Crippen LogP contribution >= 0.6 is 0 Å². The smallest absolute Gasteiger partial charge is 0.372 e. The molecule has 11 heteroatoms. The standard InChI is InChI=1S/C17H17F6NO2.C6H5F.CH5N/c1-9-2-13-6-14(7-24(13)15(9)25)26-8-10-3-11(16(18,19)20)5-12(4-10)17(21,22)23;7-6-4-2-1-3-5-6;1-2/h3-5,9,13-14H,2,6-8H2,1H3;1-5H;2H2,1H3. The van der Waals surface area contributed by atoms with E-state index in [1.165, 1.54) is 19.2 Å². The first-order valence-electron chi connectivity index (χ1n) is 10.8. The highest BCUT2D eigenvalue weighted by atomic mass is 19.4. The average Bonchev–Trinajstić information content (AvgIpc) is 3.31. The predicted molar refractivity (Wildman–Crippen MR) is 115 cm³/mol. The zero-order chi connectivity index (χ0) is 26.4. The molecule has 0 spiro atoms. The maximum Gasteiger partial charge on any atom is 0.416 e. The van der Waals surface area contributed by atoms with E-state index in [2.05, 4.69) is 5.73 Å². The summed E-state index contributed by atoms with van der Waals surface area (Å²) >= 11 is 0. The molecule has 0 aromatic heterocycles. The molecule has 2 aromatic carbocycles. The minimum Gasteiger partial charge on any atom is -0.372 e. The van der Waals surface area contributed by atoms with Crippen LogP contribution in [-0.4, -0.2) is 36.5 Å². The van der Waals surface area contributed by atoms with Gasteiger partial charge < -0.3 is 15.4 Å².